The average molecular weight is 451 g/mol. The molecule has 0 fully saturated rings. The van der Waals surface area contributed by atoms with Crippen LogP contribution in [0, 0.1) is 0 Å². The summed E-state index contributed by atoms with van der Waals surface area (Å²) in [4.78, 5) is 35.0. The number of benzene rings is 1. The molecule has 0 radical (unpaired) electrons. The van der Waals surface area contributed by atoms with Crippen molar-refractivity contribution in [3.05, 3.63) is 46.0 Å². The van der Waals surface area contributed by atoms with E-state index in [-0.39, 0.29) is 21.9 Å². The second-order valence-corrected chi connectivity index (χ2v) is 6.76. The molecule has 1 rings (SSSR count). The van der Waals surface area contributed by atoms with Crippen LogP contribution in [0.25, 0.3) is 0 Å². The highest BCUT2D eigenvalue weighted by atomic mass is 35.5. The molecular weight excluding hydrogens is 431 g/mol. The fourth-order valence-electron chi connectivity index (χ4n) is 2.22. The van der Waals surface area contributed by atoms with Gasteiger partial charge in [0.25, 0.3) is 0 Å². The largest absolute Gasteiger partial charge is 0.452 e. The first kappa shape index (κ1) is 25.0. The summed E-state index contributed by atoms with van der Waals surface area (Å²) in [6.45, 7) is 3.67. The third-order valence-corrected chi connectivity index (χ3v) is 4.31. The van der Waals surface area contributed by atoms with Gasteiger partial charge in [-0.15, -0.1) is 0 Å². The van der Waals surface area contributed by atoms with Crippen LogP contribution < -0.4 is 0 Å². The highest BCUT2D eigenvalue weighted by Crippen LogP contribution is 2.33. The van der Waals surface area contributed by atoms with Gasteiger partial charge in [0.1, 0.15) is 18.3 Å². The number of hydrogen-bond donors (Lipinski definition) is 4. The Labute approximate surface area is 176 Å². The van der Waals surface area contributed by atoms with Crippen molar-refractivity contribution < 1.29 is 44.3 Å². The Hall–Kier alpha value is -2.01. The Balaban J connectivity index is 3.08. The van der Waals surface area contributed by atoms with Gasteiger partial charge >= 0.3 is 11.9 Å². The van der Waals surface area contributed by atoms with Crippen LogP contribution in [0.15, 0.2) is 30.4 Å². The zero-order valence-electron chi connectivity index (χ0n) is 15.2. The molecule has 1 aromatic rings. The number of ether oxygens (including phenoxy) is 2. The summed E-state index contributed by atoms with van der Waals surface area (Å²) in [5, 5.41) is 38.1. The second-order valence-electron chi connectivity index (χ2n) is 5.92. The molecule has 160 valence electrons. The predicted molar refractivity (Wildman–Crippen MR) is 101 cm³/mol. The maximum atomic E-state index is 12.4. The van der Waals surface area contributed by atoms with Gasteiger partial charge in [0.05, 0.1) is 12.2 Å². The number of aliphatic hydroxyl groups is 4. The van der Waals surface area contributed by atoms with E-state index < -0.39 is 54.6 Å². The average Bonchev–Trinajstić information content (AvgIpc) is 2.67. The number of carbonyl (C=O) groups is 3. The van der Waals surface area contributed by atoms with Crippen molar-refractivity contribution in [2.75, 3.05) is 6.61 Å². The molecule has 0 spiro atoms. The minimum Gasteiger partial charge on any atom is -0.452 e. The van der Waals surface area contributed by atoms with E-state index in [1.54, 1.807) is 0 Å². The second kappa shape index (κ2) is 11.2. The van der Waals surface area contributed by atoms with Crippen molar-refractivity contribution in [1.82, 2.24) is 0 Å². The van der Waals surface area contributed by atoms with E-state index in [0.29, 0.717) is 0 Å². The Morgan fingerprint density at radius 2 is 1.79 bits per heavy atom. The van der Waals surface area contributed by atoms with Gasteiger partial charge in [-0.1, -0.05) is 35.8 Å². The number of esters is 2. The Bertz CT molecular complexity index is 768. The molecule has 0 aliphatic carbocycles. The van der Waals surface area contributed by atoms with Gasteiger partial charge in [0.2, 0.25) is 0 Å². The Morgan fingerprint density at radius 1 is 1.17 bits per heavy atom. The summed E-state index contributed by atoms with van der Waals surface area (Å²) in [5.74, 6) is -2.02. The Kier molecular flexibility index (Phi) is 9.71. The molecule has 5 atom stereocenters. The smallest absolute Gasteiger partial charge is 0.338 e. The number of aliphatic hydroxyl groups excluding tert-OH is 4. The van der Waals surface area contributed by atoms with Gasteiger partial charge < -0.3 is 29.9 Å². The molecule has 0 bridgehead atoms. The summed E-state index contributed by atoms with van der Waals surface area (Å²) in [6.07, 6.45) is -9.09. The lowest BCUT2D eigenvalue weighted by molar-refractivity contribution is -0.166. The van der Waals surface area contributed by atoms with Crippen LogP contribution in [0.3, 0.4) is 0 Å². The quantitative estimate of drug-likeness (QED) is 0.224. The molecule has 0 aliphatic heterocycles. The van der Waals surface area contributed by atoms with Crippen LogP contribution in [0.4, 0.5) is 0 Å². The molecule has 0 saturated heterocycles. The molecule has 9 nitrogen and oxygen atoms in total. The highest BCUT2D eigenvalue weighted by molar-refractivity contribution is 6.35. The Morgan fingerprint density at radius 3 is 2.28 bits per heavy atom. The lowest BCUT2D eigenvalue weighted by Gasteiger charge is -2.26. The summed E-state index contributed by atoms with van der Waals surface area (Å²) in [5.41, 5.74) is -0.284. The number of hydrogen-bond acceptors (Lipinski definition) is 9. The van der Waals surface area contributed by atoms with Gasteiger partial charge in [0, 0.05) is 22.5 Å². The van der Waals surface area contributed by atoms with E-state index in [2.05, 4.69) is 6.58 Å². The van der Waals surface area contributed by atoms with Crippen molar-refractivity contribution in [3.63, 3.8) is 0 Å². The fraction of sp³-hybridized carbons (Fsp3) is 0.389. The van der Waals surface area contributed by atoms with E-state index in [1.807, 2.05) is 0 Å². The molecule has 0 aromatic heterocycles. The molecule has 0 saturated carbocycles. The molecule has 0 aliphatic rings. The zero-order valence-corrected chi connectivity index (χ0v) is 16.7. The van der Waals surface area contributed by atoms with Crippen LogP contribution in [-0.2, 0) is 23.9 Å². The minimum absolute atomic E-state index is 0.0132. The van der Waals surface area contributed by atoms with E-state index in [4.69, 9.17) is 37.8 Å². The maximum absolute atomic E-state index is 12.4. The molecule has 11 heteroatoms. The van der Waals surface area contributed by atoms with Crippen molar-refractivity contribution in [3.8, 4) is 0 Å². The van der Waals surface area contributed by atoms with Crippen LogP contribution in [0.1, 0.15) is 18.6 Å². The van der Waals surface area contributed by atoms with Crippen molar-refractivity contribution in [2.45, 2.75) is 37.4 Å². The molecular formula is C18H20Cl2O9. The molecule has 0 heterocycles. The van der Waals surface area contributed by atoms with Crippen molar-refractivity contribution in [1.29, 1.82) is 0 Å². The standard InChI is InChI=1S/C18H20Cl2O9/c1-8(17(28-9(2)23)11-4-3-10(19)5-12(11)20)18(27)29-14(7-22)16(26)15(25)13(24)6-21/h3-5,7,13-17,21,24-26H,1,6H2,2H3/t13-,14+,15+,16-,17?/m1/s1. The number of aldehydes is 1. The van der Waals surface area contributed by atoms with Crippen molar-refractivity contribution in [2.24, 2.45) is 0 Å². The first-order valence-corrected chi connectivity index (χ1v) is 8.91. The van der Waals surface area contributed by atoms with E-state index in [9.17, 15) is 29.7 Å². The molecule has 4 N–H and O–H groups in total. The third kappa shape index (κ3) is 6.77. The fourth-order valence-corrected chi connectivity index (χ4v) is 2.72. The highest BCUT2D eigenvalue weighted by Gasteiger charge is 2.35. The number of carbonyl (C=O) groups excluding carboxylic acids is 3. The van der Waals surface area contributed by atoms with Crippen LogP contribution in [-0.4, -0.2) is 69.7 Å². The topological polar surface area (TPSA) is 151 Å². The van der Waals surface area contributed by atoms with Crippen LogP contribution in [0.5, 0.6) is 0 Å². The van der Waals surface area contributed by atoms with Gasteiger partial charge in [-0.2, -0.15) is 0 Å². The maximum Gasteiger partial charge on any atom is 0.338 e. The van der Waals surface area contributed by atoms with Gasteiger partial charge in [-0.3, -0.25) is 9.59 Å². The van der Waals surface area contributed by atoms with Crippen molar-refractivity contribution >= 4 is 41.4 Å². The number of halogens is 2. The van der Waals surface area contributed by atoms with Crippen LogP contribution in [0.2, 0.25) is 10.0 Å². The van der Waals surface area contributed by atoms with Gasteiger partial charge in [0.15, 0.2) is 18.5 Å². The third-order valence-electron chi connectivity index (χ3n) is 3.75. The lowest BCUT2D eigenvalue weighted by Crippen LogP contribution is -2.48. The monoisotopic (exact) mass is 450 g/mol. The summed E-state index contributed by atoms with van der Waals surface area (Å²) in [6, 6.07) is 4.17. The summed E-state index contributed by atoms with van der Waals surface area (Å²) < 4.78 is 9.90. The normalized spacial score (nSPS) is 16.1. The molecule has 0 amide bonds. The van der Waals surface area contributed by atoms with E-state index >= 15 is 0 Å². The first-order chi connectivity index (χ1) is 13.5. The molecule has 29 heavy (non-hydrogen) atoms. The van der Waals surface area contributed by atoms with E-state index in [0.717, 1.165) is 6.92 Å². The first-order valence-electron chi connectivity index (χ1n) is 8.15. The summed E-state index contributed by atoms with van der Waals surface area (Å²) in [7, 11) is 0. The SMILES string of the molecule is C=C(C(=O)O[C@@H](C=O)[C@@H](O)[C@@H](O)[C@H](O)CO)C(OC(C)=O)c1ccc(Cl)cc1Cl. The lowest BCUT2D eigenvalue weighted by atomic mass is 10.0. The van der Waals surface area contributed by atoms with Gasteiger partial charge in [-0.05, 0) is 12.1 Å². The number of rotatable bonds is 10. The molecule has 1 unspecified atom stereocenters. The minimum atomic E-state index is -2.04. The van der Waals surface area contributed by atoms with Crippen LogP contribution >= 0.6 is 23.2 Å². The predicted octanol–water partition coefficient (Wildman–Crippen LogP) is 0.340. The van der Waals surface area contributed by atoms with E-state index in [1.165, 1.54) is 18.2 Å². The van der Waals surface area contributed by atoms with Gasteiger partial charge in [-0.25, -0.2) is 4.79 Å². The summed E-state index contributed by atoms with van der Waals surface area (Å²) >= 11 is 11.9. The zero-order chi connectivity index (χ0) is 22.3. The molecule has 1 aromatic carbocycles.